The molecule has 0 aliphatic carbocycles. The van der Waals surface area contributed by atoms with Crippen LogP contribution in [0.5, 0.6) is 0 Å². The zero-order valence-corrected chi connectivity index (χ0v) is 8.75. The summed E-state index contributed by atoms with van der Waals surface area (Å²) < 4.78 is 38.3. The molecule has 0 spiro atoms. The van der Waals surface area contributed by atoms with Crippen LogP contribution in [-0.4, -0.2) is 10.1 Å². The number of hydrogen-bond acceptors (Lipinski definition) is 1. The maximum Gasteiger partial charge on any atom is 0.418 e. The van der Waals surface area contributed by atoms with Gasteiger partial charge >= 0.3 is 6.18 Å². The number of halogens is 3. The van der Waals surface area contributed by atoms with Crippen LogP contribution >= 0.6 is 0 Å². The first-order valence-corrected chi connectivity index (χ1v) is 4.97. The summed E-state index contributed by atoms with van der Waals surface area (Å²) in [5, 5.41) is 9.06. The van der Waals surface area contributed by atoms with Crippen molar-refractivity contribution in [2.24, 2.45) is 0 Å². The van der Waals surface area contributed by atoms with E-state index in [4.69, 9.17) is 5.11 Å². The fourth-order valence-corrected chi connectivity index (χ4v) is 1.75. The van der Waals surface area contributed by atoms with Gasteiger partial charge in [0.25, 0.3) is 0 Å². The number of H-pyrrole nitrogens is 1. The Bertz CT molecular complexity index is 502. The summed E-state index contributed by atoms with van der Waals surface area (Å²) in [4.78, 5) is 2.46. The molecule has 1 aromatic carbocycles. The molecule has 0 fully saturated rings. The van der Waals surface area contributed by atoms with Gasteiger partial charge in [0.15, 0.2) is 0 Å². The molecule has 1 heterocycles. The van der Waals surface area contributed by atoms with Crippen LogP contribution in [0, 0.1) is 0 Å². The van der Waals surface area contributed by atoms with Crippen molar-refractivity contribution in [3.63, 3.8) is 0 Å². The van der Waals surface area contributed by atoms with Gasteiger partial charge in [-0.15, -0.1) is 0 Å². The lowest BCUT2D eigenvalue weighted by molar-refractivity contribution is -0.137. The predicted octanol–water partition coefficient (Wildman–Crippen LogP) is 3.19. The molecule has 0 saturated carbocycles. The normalized spacial score (nSPS) is 11.8. The van der Waals surface area contributed by atoms with Crippen molar-refractivity contribution in [3.8, 4) is 11.1 Å². The van der Waals surface area contributed by atoms with Crippen LogP contribution in [0.2, 0.25) is 0 Å². The van der Waals surface area contributed by atoms with Crippen molar-refractivity contribution in [1.82, 2.24) is 4.98 Å². The van der Waals surface area contributed by atoms with Crippen LogP contribution in [0.15, 0.2) is 36.5 Å². The Labute approximate surface area is 95.7 Å². The first-order chi connectivity index (χ1) is 8.04. The minimum Gasteiger partial charge on any atom is -0.390 e. The van der Waals surface area contributed by atoms with E-state index >= 15 is 0 Å². The number of nitrogens with one attached hydrogen (secondary N) is 1. The van der Waals surface area contributed by atoms with Gasteiger partial charge in [-0.2, -0.15) is 13.2 Å². The van der Waals surface area contributed by atoms with E-state index in [9.17, 15) is 13.2 Å². The zero-order valence-electron chi connectivity index (χ0n) is 8.75. The van der Waals surface area contributed by atoms with Gasteiger partial charge in [0.1, 0.15) is 0 Å². The van der Waals surface area contributed by atoms with Gasteiger partial charge in [0.05, 0.1) is 12.2 Å². The number of rotatable bonds is 2. The Hall–Kier alpha value is -1.75. The fraction of sp³-hybridized carbons (Fsp3) is 0.167. The van der Waals surface area contributed by atoms with E-state index in [0.717, 1.165) is 6.20 Å². The Morgan fingerprint density at radius 1 is 1.12 bits per heavy atom. The number of aliphatic hydroxyl groups is 1. The maximum absolute atomic E-state index is 12.8. The SMILES string of the molecule is OCc1[nH]cc(C(F)(F)F)c1-c1ccccc1. The molecule has 1 aromatic heterocycles. The van der Waals surface area contributed by atoms with E-state index < -0.39 is 18.3 Å². The molecular formula is C12H10F3NO. The molecule has 0 unspecified atom stereocenters. The van der Waals surface area contributed by atoms with Crippen molar-refractivity contribution in [1.29, 1.82) is 0 Å². The molecule has 0 aliphatic heterocycles. The van der Waals surface area contributed by atoms with Gasteiger partial charge in [-0.3, -0.25) is 0 Å². The van der Waals surface area contributed by atoms with Gasteiger partial charge in [-0.25, -0.2) is 0 Å². The second-order valence-electron chi connectivity index (χ2n) is 3.58. The molecule has 0 bridgehead atoms. The standard InChI is InChI=1S/C12H10F3NO/c13-12(14,15)9-6-16-10(7-17)11(9)8-4-2-1-3-5-8/h1-6,16-17H,7H2. The minimum atomic E-state index is -4.44. The van der Waals surface area contributed by atoms with Gasteiger partial charge in [0.2, 0.25) is 0 Å². The van der Waals surface area contributed by atoms with Crippen LogP contribution < -0.4 is 0 Å². The number of aromatic nitrogens is 1. The van der Waals surface area contributed by atoms with Gasteiger partial charge in [-0.1, -0.05) is 30.3 Å². The Kier molecular flexibility index (Phi) is 2.93. The van der Waals surface area contributed by atoms with E-state index in [1.54, 1.807) is 30.3 Å². The monoisotopic (exact) mass is 241 g/mol. The third-order valence-corrected chi connectivity index (χ3v) is 2.49. The Balaban J connectivity index is 2.62. The zero-order chi connectivity index (χ0) is 12.5. The largest absolute Gasteiger partial charge is 0.418 e. The third-order valence-electron chi connectivity index (χ3n) is 2.49. The van der Waals surface area contributed by atoms with Crippen molar-refractivity contribution in [2.45, 2.75) is 12.8 Å². The first kappa shape index (κ1) is 11.7. The van der Waals surface area contributed by atoms with E-state index in [1.165, 1.54) is 0 Å². The first-order valence-electron chi connectivity index (χ1n) is 4.97. The predicted molar refractivity (Wildman–Crippen MR) is 57.2 cm³/mol. The highest BCUT2D eigenvalue weighted by molar-refractivity contribution is 5.70. The molecule has 2 rings (SSSR count). The van der Waals surface area contributed by atoms with Gasteiger partial charge < -0.3 is 10.1 Å². The molecule has 2 aromatic rings. The topological polar surface area (TPSA) is 36.0 Å². The maximum atomic E-state index is 12.8. The Morgan fingerprint density at radius 2 is 1.76 bits per heavy atom. The molecule has 90 valence electrons. The van der Waals surface area contributed by atoms with E-state index in [2.05, 4.69) is 4.98 Å². The highest BCUT2D eigenvalue weighted by Gasteiger charge is 2.35. The van der Waals surface area contributed by atoms with E-state index in [-0.39, 0.29) is 11.3 Å². The van der Waals surface area contributed by atoms with Crippen LogP contribution in [0.1, 0.15) is 11.3 Å². The summed E-state index contributed by atoms with van der Waals surface area (Å²) in [5.74, 6) is 0. The van der Waals surface area contributed by atoms with E-state index in [1.807, 2.05) is 0 Å². The smallest absolute Gasteiger partial charge is 0.390 e. The van der Waals surface area contributed by atoms with Gasteiger partial charge in [0, 0.05) is 17.5 Å². The van der Waals surface area contributed by atoms with Crippen LogP contribution in [-0.2, 0) is 12.8 Å². The summed E-state index contributed by atoms with van der Waals surface area (Å²) in [6.07, 6.45) is -3.55. The molecule has 0 amide bonds. The second kappa shape index (κ2) is 4.25. The number of aliphatic hydroxyl groups excluding tert-OH is 1. The average Bonchev–Trinajstić information content (AvgIpc) is 2.73. The Morgan fingerprint density at radius 3 is 2.29 bits per heavy atom. The van der Waals surface area contributed by atoms with Crippen molar-refractivity contribution < 1.29 is 18.3 Å². The lowest BCUT2D eigenvalue weighted by Crippen LogP contribution is -2.05. The lowest BCUT2D eigenvalue weighted by Gasteiger charge is -2.09. The van der Waals surface area contributed by atoms with Crippen LogP contribution in [0.4, 0.5) is 13.2 Å². The number of hydrogen-bond donors (Lipinski definition) is 2. The minimum absolute atomic E-state index is 0.0144. The summed E-state index contributed by atoms with van der Waals surface area (Å²) in [5.41, 5.74) is -0.137. The number of alkyl halides is 3. The summed E-state index contributed by atoms with van der Waals surface area (Å²) >= 11 is 0. The average molecular weight is 241 g/mol. The molecule has 17 heavy (non-hydrogen) atoms. The van der Waals surface area contributed by atoms with Crippen molar-refractivity contribution in [3.05, 3.63) is 47.8 Å². The third kappa shape index (κ3) is 2.19. The summed E-state index contributed by atoms with van der Waals surface area (Å²) in [6, 6.07) is 8.20. The van der Waals surface area contributed by atoms with Crippen molar-refractivity contribution in [2.75, 3.05) is 0 Å². The highest BCUT2D eigenvalue weighted by Crippen LogP contribution is 2.38. The molecule has 2 N–H and O–H groups in total. The van der Waals surface area contributed by atoms with Crippen molar-refractivity contribution >= 4 is 0 Å². The molecule has 0 saturated heterocycles. The number of benzene rings is 1. The van der Waals surface area contributed by atoms with Gasteiger partial charge in [-0.05, 0) is 5.56 Å². The summed E-state index contributed by atoms with van der Waals surface area (Å²) in [7, 11) is 0. The van der Waals surface area contributed by atoms with Crippen LogP contribution in [0.3, 0.4) is 0 Å². The number of aromatic amines is 1. The molecule has 0 radical (unpaired) electrons. The quantitative estimate of drug-likeness (QED) is 0.832. The van der Waals surface area contributed by atoms with Crippen LogP contribution in [0.25, 0.3) is 11.1 Å². The lowest BCUT2D eigenvalue weighted by atomic mass is 10.0. The molecule has 5 heteroatoms. The molecule has 0 atom stereocenters. The summed E-state index contributed by atoms with van der Waals surface area (Å²) in [6.45, 7) is -0.458. The molecule has 2 nitrogen and oxygen atoms in total. The van der Waals surface area contributed by atoms with E-state index in [0.29, 0.717) is 5.56 Å². The molecule has 0 aliphatic rings. The second-order valence-corrected chi connectivity index (χ2v) is 3.58. The highest BCUT2D eigenvalue weighted by atomic mass is 19.4. The molecular weight excluding hydrogens is 231 g/mol. The fourth-order valence-electron chi connectivity index (χ4n) is 1.75.